The molecule has 1 aromatic heterocycles. The van der Waals surface area contributed by atoms with Crippen LogP contribution in [0.25, 0.3) is 0 Å². The van der Waals surface area contributed by atoms with Gasteiger partial charge in [-0.1, -0.05) is 47.6 Å². The zero-order valence-electron chi connectivity index (χ0n) is 16.1. The van der Waals surface area contributed by atoms with Crippen LogP contribution in [-0.2, 0) is 18.4 Å². The van der Waals surface area contributed by atoms with Crippen molar-refractivity contribution in [3.63, 3.8) is 0 Å². The lowest BCUT2D eigenvalue weighted by Gasteiger charge is -2.07. The molecular weight excluding hydrogens is 408 g/mol. The first-order chi connectivity index (χ1) is 14.0. The first-order valence-corrected chi connectivity index (χ1v) is 10.3. The summed E-state index contributed by atoms with van der Waals surface area (Å²) < 4.78 is 1.87. The van der Waals surface area contributed by atoms with Gasteiger partial charge in [-0.15, -0.1) is 10.2 Å². The van der Waals surface area contributed by atoms with Gasteiger partial charge in [-0.3, -0.25) is 4.79 Å². The minimum Gasteiger partial charge on any atom is -0.378 e. The van der Waals surface area contributed by atoms with Gasteiger partial charge in [-0.2, -0.15) is 5.10 Å². The summed E-state index contributed by atoms with van der Waals surface area (Å²) >= 11 is 7.14. The van der Waals surface area contributed by atoms with Gasteiger partial charge < -0.3 is 9.88 Å². The van der Waals surface area contributed by atoms with Gasteiger partial charge in [0.15, 0.2) is 11.0 Å². The highest BCUT2D eigenvalue weighted by Gasteiger charge is 2.11. The van der Waals surface area contributed by atoms with E-state index < -0.39 is 0 Å². The number of nitrogens with one attached hydrogen (secondary N) is 2. The minimum atomic E-state index is -0.220. The van der Waals surface area contributed by atoms with Crippen molar-refractivity contribution in [3.8, 4) is 0 Å². The molecule has 0 bridgehead atoms. The Labute approximate surface area is 178 Å². The lowest BCUT2D eigenvalue weighted by Crippen LogP contribution is -2.20. The van der Waals surface area contributed by atoms with Gasteiger partial charge in [0.1, 0.15) is 0 Å². The third-order valence-electron chi connectivity index (χ3n) is 4.00. The first-order valence-electron chi connectivity index (χ1n) is 8.90. The summed E-state index contributed by atoms with van der Waals surface area (Å²) in [5, 5.41) is 17.0. The molecule has 1 amide bonds. The number of hydrazone groups is 1. The molecule has 0 unspecified atom stereocenters. The molecule has 29 heavy (non-hydrogen) atoms. The number of amides is 1. The van der Waals surface area contributed by atoms with Gasteiger partial charge in [0.25, 0.3) is 5.91 Å². The third kappa shape index (κ3) is 6.33. The number of carbonyl (C=O) groups excluding carboxylic acids is 1. The second kappa shape index (κ2) is 10.1. The molecule has 0 atom stereocenters. The molecular formula is C20H21ClN6OS. The molecule has 0 radical (unpaired) electrons. The van der Waals surface area contributed by atoms with Crippen molar-refractivity contribution in [3.05, 3.63) is 70.5 Å². The summed E-state index contributed by atoms with van der Waals surface area (Å²) in [6, 6.07) is 15.3. The number of rotatable bonds is 8. The molecule has 9 heteroatoms. The van der Waals surface area contributed by atoms with E-state index in [1.807, 2.05) is 48.9 Å². The Balaban J connectivity index is 1.46. The normalized spacial score (nSPS) is 11.0. The zero-order chi connectivity index (χ0) is 20.6. The largest absolute Gasteiger partial charge is 0.378 e. The fourth-order valence-electron chi connectivity index (χ4n) is 2.45. The van der Waals surface area contributed by atoms with E-state index in [1.54, 1.807) is 18.3 Å². The summed E-state index contributed by atoms with van der Waals surface area (Å²) in [6.07, 6.45) is 1.57. The number of aromatic nitrogens is 3. The van der Waals surface area contributed by atoms with E-state index in [-0.39, 0.29) is 11.7 Å². The van der Waals surface area contributed by atoms with Crippen molar-refractivity contribution >= 4 is 41.2 Å². The minimum absolute atomic E-state index is 0.190. The predicted molar refractivity (Wildman–Crippen MR) is 117 cm³/mol. The van der Waals surface area contributed by atoms with Crippen LogP contribution < -0.4 is 10.7 Å². The number of anilines is 1. The summed E-state index contributed by atoms with van der Waals surface area (Å²) in [7, 11) is 1.88. The van der Waals surface area contributed by atoms with Crippen molar-refractivity contribution in [2.75, 3.05) is 11.1 Å². The lowest BCUT2D eigenvalue weighted by molar-refractivity contribution is -0.118. The number of benzene rings is 2. The maximum absolute atomic E-state index is 12.0. The smallest absolute Gasteiger partial charge is 0.250 e. The zero-order valence-corrected chi connectivity index (χ0v) is 17.7. The molecule has 7 nitrogen and oxygen atoms in total. The molecule has 1 heterocycles. The van der Waals surface area contributed by atoms with Gasteiger partial charge >= 0.3 is 0 Å². The van der Waals surface area contributed by atoms with Gasteiger partial charge in [-0.25, -0.2) is 5.43 Å². The fraction of sp³-hybridized carbons (Fsp3) is 0.200. The number of carbonyl (C=O) groups is 1. The number of hydrogen-bond acceptors (Lipinski definition) is 6. The fourth-order valence-corrected chi connectivity index (χ4v) is 3.30. The molecule has 0 aliphatic carbocycles. The number of halogens is 1. The van der Waals surface area contributed by atoms with Crippen LogP contribution in [0.5, 0.6) is 0 Å². The Morgan fingerprint density at radius 3 is 2.79 bits per heavy atom. The number of thioether (sulfide) groups is 1. The van der Waals surface area contributed by atoms with E-state index in [9.17, 15) is 4.79 Å². The Kier molecular flexibility index (Phi) is 7.26. The molecule has 150 valence electrons. The van der Waals surface area contributed by atoms with Crippen molar-refractivity contribution in [2.45, 2.75) is 18.6 Å². The lowest BCUT2D eigenvalue weighted by atomic mass is 10.2. The quantitative estimate of drug-likeness (QED) is 0.325. The first kappa shape index (κ1) is 20.9. The van der Waals surface area contributed by atoms with Crippen LogP contribution in [0.1, 0.15) is 17.0 Å². The van der Waals surface area contributed by atoms with Crippen LogP contribution in [0, 0.1) is 6.92 Å². The Hall–Kier alpha value is -2.84. The maximum atomic E-state index is 12.0. The molecule has 0 saturated carbocycles. The Morgan fingerprint density at radius 2 is 2.03 bits per heavy atom. The second-order valence-corrected chi connectivity index (χ2v) is 7.69. The van der Waals surface area contributed by atoms with Gasteiger partial charge in [0.2, 0.25) is 0 Å². The highest BCUT2D eigenvalue weighted by Crippen LogP contribution is 2.16. The molecule has 2 N–H and O–H groups in total. The average molecular weight is 429 g/mol. The highest BCUT2D eigenvalue weighted by molar-refractivity contribution is 7.99. The number of nitrogens with zero attached hydrogens (tertiary/aromatic N) is 4. The number of hydrogen-bond donors (Lipinski definition) is 2. The van der Waals surface area contributed by atoms with Gasteiger partial charge in [0.05, 0.1) is 18.5 Å². The van der Waals surface area contributed by atoms with Crippen LogP contribution in [-0.4, -0.2) is 32.6 Å². The Morgan fingerprint density at radius 1 is 1.24 bits per heavy atom. The van der Waals surface area contributed by atoms with Crippen molar-refractivity contribution in [2.24, 2.45) is 12.1 Å². The highest BCUT2D eigenvalue weighted by atomic mass is 35.5. The van der Waals surface area contributed by atoms with E-state index in [1.165, 1.54) is 17.3 Å². The predicted octanol–water partition coefficient (Wildman–Crippen LogP) is 3.63. The average Bonchev–Trinajstić information content (AvgIpc) is 3.06. The SMILES string of the molecule is Cc1cccc(NCc2nnc(SCC(=O)N/N=C\c3ccc(Cl)cc3)n2C)c1. The summed E-state index contributed by atoms with van der Waals surface area (Å²) in [5.74, 6) is 0.757. The summed E-state index contributed by atoms with van der Waals surface area (Å²) in [5.41, 5.74) is 5.57. The van der Waals surface area contributed by atoms with E-state index in [2.05, 4.69) is 32.1 Å². The molecule has 0 aliphatic rings. The molecule has 3 rings (SSSR count). The van der Waals surface area contributed by atoms with E-state index in [0.29, 0.717) is 16.7 Å². The van der Waals surface area contributed by atoms with Gasteiger partial charge in [0, 0.05) is 17.8 Å². The number of aryl methyl sites for hydroxylation is 1. The van der Waals surface area contributed by atoms with E-state index >= 15 is 0 Å². The summed E-state index contributed by atoms with van der Waals surface area (Å²) in [4.78, 5) is 12.0. The van der Waals surface area contributed by atoms with Crippen LogP contribution in [0.4, 0.5) is 5.69 Å². The molecule has 0 spiro atoms. The van der Waals surface area contributed by atoms with Crippen LogP contribution >= 0.6 is 23.4 Å². The second-order valence-electron chi connectivity index (χ2n) is 6.31. The molecule has 0 saturated heterocycles. The van der Waals surface area contributed by atoms with Crippen molar-refractivity contribution < 1.29 is 4.79 Å². The van der Waals surface area contributed by atoms with E-state index in [4.69, 9.17) is 11.6 Å². The Bertz CT molecular complexity index is 1000. The van der Waals surface area contributed by atoms with E-state index in [0.717, 1.165) is 17.1 Å². The van der Waals surface area contributed by atoms with Crippen LogP contribution in [0.3, 0.4) is 0 Å². The van der Waals surface area contributed by atoms with Crippen LogP contribution in [0.15, 0.2) is 58.8 Å². The molecule has 2 aromatic carbocycles. The van der Waals surface area contributed by atoms with Crippen LogP contribution in [0.2, 0.25) is 5.02 Å². The van der Waals surface area contributed by atoms with Crippen molar-refractivity contribution in [1.82, 2.24) is 20.2 Å². The monoisotopic (exact) mass is 428 g/mol. The third-order valence-corrected chi connectivity index (χ3v) is 5.27. The topological polar surface area (TPSA) is 84.2 Å². The summed E-state index contributed by atoms with van der Waals surface area (Å²) in [6.45, 7) is 2.60. The molecule has 0 fully saturated rings. The molecule has 0 aliphatic heterocycles. The van der Waals surface area contributed by atoms with Gasteiger partial charge in [-0.05, 0) is 42.3 Å². The maximum Gasteiger partial charge on any atom is 0.250 e. The standard InChI is InChI=1S/C20H21ClN6OS/c1-14-4-3-5-17(10-14)22-12-18-24-26-20(27(18)2)29-13-19(28)25-23-11-15-6-8-16(21)9-7-15/h3-11,22H,12-13H2,1-2H3,(H,25,28)/b23-11-. The van der Waals surface area contributed by atoms with Crippen molar-refractivity contribution in [1.29, 1.82) is 0 Å². The molecule has 3 aromatic rings.